The number of hydrazone groups is 1. The number of aromatic hydroxyl groups is 1. The molecule has 2 N–H and O–H groups in total. The van der Waals surface area contributed by atoms with Gasteiger partial charge in [0.1, 0.15) is 10.7 Å². The third-order valence-electron chi connectivity index (χ3n) is 2.80. The van der Waals surface area contributed by atoms with E-state index in [1.54, 1.807) is 12.1 Å². The molecule has 1 aromatic carbocycles. The van der Waals surface area contributed by atoms with E-state index >= 15 is 0 Å². The minimum atomic E-state index is -0.443. The minimum absolute atomic E-state index is 0.0293. The quantitative estimate of drug-likeness (QED) is 0.657. The molecule has 0 unspecified atom stereocenters. The largest absolute Gasteiger partial charge is 0.503 e. The van der Waals surface area contributed by atoms with Gasteiger partial charge in [-0.15, -0.1) is 0 Å². The lowest BCUT2D eigenvalue weighted by atomic mass is 10.2. The molecular formula is C13H12Cl2N4O3. The van der Waals surface area contributed by atoms with E-state index < -0.39 is 5.56 Å². The van der Waals surface area contributed by atoms with Gasteiger partial charge in [-0.25, -0.2) is 4.68 Å². The van der Waals surface area contributed by atoms with Crippen molar-refractivity contribution in [1.82, 2.24) is 9.78 Å². The van der Waals surface area contributed by atoms with E-state index in [4.69, 9.17) is 27.9 Å². The van der Waals surface area contributed by atoms with Crippen LogP contribution in [0.15, 0.2) is 28.2 Å². The first kappa shape index (κ1) is 16.1. The van der Waals surface area contributed by atoms with Crippen molar-refractivity contribution in [2.75, 3.05) is 12.5 Å². The second-order valence-corrected chi connectivity index (χ2v) is 4.95. The number of aryl methyl sites for hydroxylation is 1. The lowest BCUT2D eigenvalue weighted by Gasteiger charge is -2.07. The van der Waals surface area contributed by atoms with E-state index in [2.05, 4.69) is 15.6 Å². The minimum Gasteiger partial charge on any atom is -0.503 e. The van der Waals surface area contributed by atoms with Crippen molar-refractivity contribution in [3.63, 3.8) is 0 Å². The molecule has 0 saturated heterocycles. The number of rotatable bonds is 4. The van der Waals surface area contributed by atoms with Gasteiger partial charge >= 0.3 is 0 Å². The van der Waals surface area contributed by atoms with Crippen molar-refractivity contribution < 1.29 is 9.84 Å². The Morgan fingerprint density at radius 1 is 1.41 bits per heavy atom. The topological polar surface area (TPSA) is 88.7 Å². The van der Waals surface area contributed by atoms with Gasteiger partial charge in [0.25, 0.3) is 5.56 Å². The number of benzene rings is 1. The molecule has 0 aliphatic rings. The van der Waals surface area contributed by atoms with Gasteiger partial charge in [0.15, 0.2) is 11.5 Å². The third kappa shape index (κ3) is 3.15. The molecule has 0 spiro atoms. The van der Waals surface area contributed by atoms with Gasteiger partial charge in [0.2, 0.25) is 0 Å². The van der Waals surface area contributed by atoms with Gasteiger partial charge in [-0.2, -0.15) is 10.2 Å². The molecule has 116 valence electrons. The summed E-state index contributed by atoms with van der Waals surface area (Å²) in [5, 5.41) is 17.6. The van der Waals surface area contributed by atoms with Crippen LogP contribution in [0.25, 0.3) is 0 Å². The number of phenolic OH excluding ortho intramolecular Hbond substituents is 1. The molecule has 0 aliphatic carbocycles. The van der Waals surface area contributed by atoms with Crippen LogP contribution in [0.3, 0.4) is 0 Å². The predicted octanol–water partition coefficient (Wildman–Crippen LogP) is 2.25. The number of methoxy groups -OCH3 is 1. The Labute approximate surface area is 135 Å². The summed E-state index contributed by atoms with van der Waals surface area (Å²) < 4.78 is 6.04. The normalized spacial score (nSPS) is 10.9. The highest BCUT2D eigenvalue weighted by atomic mass is 35.5. The maximum absolute atomic E-state index is 11.6. The first-order valence-corrected chi connectivity index (χ1v) is 6.77. The molecule has 2 aromatic rings. The Bertz CT molecular complexity index is 790. The number of nitrogens with zero attached hydrogens (tertiary/aromatic N) is 3. The molecule has 1 heterocycles. The fraction of sp³-hybridized carbons (Fsp3) is 0.154. The van der Waals surface area contributed by atoms with E-state index in [0.29, 0.717) is 5.56 Å². The van der Waals surface area contributed by atoms with Crippen molar-refractivity contribution in [3.8, 4) is 11.5 Å². The van der Waals surface area contributed by atoms with Crippen LogP contribution < -0.4 is 15.7 Å². The first-order valence-electron chi connectivity index (χ1n) is 6.02. The summed E-state index contributed by atoms with van der Waals surface area (Å²) in [6, 6.07) is 3.17. The summed E-state index contributed by atoms with van der Waals surface area (Å²) in [4.78, 5) is 11.6. The van der Waals surface area contributed by atoms with Gasteiger partial charge in [0.05, 0.1) is 24.5 Å². The van der Waals surface area contributed by atoms with E-state index in [0.717, 1.165) is 4.68 Å². The number of ether oxygens (including phenoxy) is 1. The van der Waals surface area contributed by atoms with Gasteiger partial charge in [-0.3, -0.25) is 10.2 Å². The SMILES string of the molecule is COc1ccc(/C=N\Nc2cnn(C)c(=O)c2Cl)c(Cl)c1O. The van der Waals surface area contributed by atoms with E-state index in [-0.39, 0.29) is 27.2 Å². The van der Waals surface area contributed by atoms with Crippen LogP contribution in [0.2, 0.25) is 10.0 Å². The lowest BCUT2D eigenvalue weighted by Crippen LogP contribution is -2.20. The summed E-state index contributed by atoms with van der Waals surface area (Å²) in [6.45, 7) is 0. The zero-order chi connectivity index (χ0) is 16.3. The van der Waals surface area contributed by atoms with Crippen LogP contribution in [0.4, 0.5) is 5.69 Å². The molecule has 0 fully saturated rings. The highest BCUT2D eigenvalue weighted by Crippen LogP contribution is 2.35. The molecule has 2 rings (SSSR count). The van der Waals surface area contributed by atoms with E-state index in [1.807, 2.05) is 0 Å². The molecule has 0 bridgehead atoms. The summed E-state index contributed by atoms with van der Waals surface area (Å²) in [7, 11) is 2.91. The molecular weight excluding hydrogens is 331 g/mol. The highest BCUT2D eigenvalue weighted by Gasteiger charge is 2.10. The van der Waals surface area contributed by atoms with Crippen LogP contribution in [0, 0.1) is 0 Å². The Kier molecular flexibility index (Phi) is 4.89. The average Bonchev–Trinajstić information content (AvgIpc) is 2.51. The Morgan fingerprint density at radius 2 is 2.14 bits per heavy atom. The fourth-order valence-electron chi connectivity index (χ4n) is 1.59. The number of nitrogens with one attached hydrogen (secondary N) is 1. The molecule has 7 nitrogen and oxygen atoms in total. The summed E-state index contributed by atoms with van der Waals surface area (Å²) in [6.07, 6.45) is 2.74. The predicted molar refractivity (Wildman–Crippen MR) is 85.4 cm³/mol. The number of hydrogen-bond donors (Lipinski definition) is 2. The number of aromatic nitrogens is 2. The second kappa shape index (κ2) is 6.67. The van der Waals surface area contributed by atoms with Crippen molar-refractivity contribution in [2.45, 2.75) is 0 Å². The molecule has 0 atom stereocenters. The maximum atomic E-state index is 11.6. The summed E-state index contributed by atoms with van der Waals surface area (Å²) in [5.74, 6) is 0.0790. The Morgan fingerprint density at radius 3 is 2.82 bits per heavy atom. The van der Waals surface area contributed by atoms with Crippen LogP contribution in [0.5, 0.6) is 11.5 Å². The van der Waals surface area contributed by atoms with E-state index in [1.165, 1.54) is 26.6 Å². The molecule has 0 amide bonds. The van der Waals surface area contributed by atoms with Crippen molar-refractivity contribution >= 4 is 35.1 Å². The van der Waals surface area contributed by atoms with Crippen LogP contribution >= 0.6 is 23.2 Å². The monoisotopic (exact) mass is 342 g/mol. The molecule has 9 heteroatoms. The van der Waals surface area contributed by atoms with Gasteiger partial charge < -0.3 is 9.84 Å². The summed E-state index contributed by atoms with van der Waals surface area (Å²) in [5.41, 5.74) is 2.87. The van der Waals surface area contributed by atoms with Crippen molar-refractivity contribution in [1.29, 1.82) is 0 Å². The zero-order valence-electron chi connectivity index (χ0n) is 11.7. The van der Waals surface area contributed by atoms with Crippen LogP contribution in [0.1, 0.15) is 5.56 Å². The number of anilines is 1. The Hall–Kier alpha value is -2.25. The highest BCUT2D eigenvalue weighted by molar-refractivity contribution is 6.34. The third-order valence-corrected chi connectivity index (χ3v) is 3.56. The molecule has 0 radical (unpaired) electrons. The smallest absolute Gasteiger partial charge is 0.287 e. The standard InChI is InChI=1S/C13H12Cl2N4O3/c1-19-13(21)11(15)8(6-17-19)18-16-5-7-3-4-9(22-2)12(20)10(7)14/h3-6,18,20H,1-2H3/b16-5-. The summed E-state index contributed by atoms with van der Waals surface area (Å²) >= 11 is 11.9. The number of hydrogen-bond acceptors (Lipinski definition) is 6. The lowest BCUT2D eigenvalue weighted by molar-refractivity contribution is 0.373. The van der Waals surface area contributed by atoms with Crippen molar-refractivity contribution in [3.05, 3.63) is 44.3 Å². The van der Waals surface area contributed by atoms with Gasteiger partial charge in [-0.05, 0) is 12.1 Å². The van der Waals surface area contributed by atoms with Crippen LogP contribution in [-0.4, -0.2) is 28.2 Å². The molecule has 1 aromatic heterocycles. The van der Waals surface area contributed by atoms with Gasteiger partial charge in [-0.1, -0.05) is 23.2 Å². The fourth-order valence-corrected chi connectivity index (χ4v) is 2.01. The van der Waals surface area contributed by atoms with Crippen LogP contribution in [-0.2, 0) is 7.05 Å². The number of halogens is 2. The van der Waals surface area contributed by atoms with E-state index in [9.17, 15) is 9.90 Å². The molecule has 0 aliphatic heterocycles. The van der Waals surface area contributed by atoms with Crippen molar-refractivity contribution in [2.24, 2.45) is 12.1 Å². The number of phenols is 1. The average molecular weight is 343 g/mol. The Balaban J connectivity index is 2.22. The van der Waals surface area contributed by atoms with Gasteiger partial charge in [0, 0.05) is 12.6 Å². The molecule has 22 heavy (non-hydrogen) atoms. The maximum Gasteiger partial charge on any atom is 0.287 e. The zero-order valence-corrected chi connectivity index (χ0v) is 13.2. The second-order valence-electron chi connectivity index (χ2n) is 4.19. The molecule has 0 saturated carbocycles. The first-order chi connectivity index (χ1) is 10.5.